The van der Waals surface area contributed by atoms with Crippen LogP contribution in [0.5, 0.6) is 0 Å². The van der Waals surface area contributed by atoms with E-state index < -0.39 is 5.56 Å². The summed E-state index contributed by atoms with van der Waals surface area (Å²) < 4.78 is 5.91. The largest absolute Gasteiger partial charge is 0.396 e. The zero-order valence-electron chi connectivity index (χ0n) is 11.2. The van der Waals surface area contributed by atoms with Crippen LogP contribution < -0.4 is 5.56 Å². The van der Waals surface area contributed by atoms with Gasteiger partial charge < -0.3 is 9.63 Å². The third kappa shape index (κ3) is 3.33. The van der Waals surface area contributed by atoms with Gasteiger partial charge in [0, 0.05) is 25.3 Å². The van der Waals surface area contributed by atoms with Gasteiger partial charge in [0.15, 0.2) is 0 Å². The first-order valence-corrected chi connectivity index (χ1v) is 6.70. The van der Waals surface area contributed by atoms with Crippen molar-refractivity contribution in [2.24, 2.45) is 0 Å². The second-order valence-electron chi connectivity index (χ2n) is 5.00. The molecule has 2 rings (SSSR count). The summed E-state index contributed by atoms with van der Waals surface area (Å²) in [5.41, 5.74) is -0.418. The Hall–Kier alpha value is -1.40. The molecule has 1 fully saturated rings. The lowest BCUT2D eigenvalue weighted by Gasteiger charge is -2.36. The molecule has 106 valence electrons. The fraction of sp³-hybridized carbons (Fsp3) is 0.692. The van der Waals surface area contributed by atoms with E-state index in [4.69, 9.17) is 9.63 Å². The van der Waals surface area contributed by atoms with Crippen molar-refractivity contribution in [3.8, 4) is 0 Å². The highest BCUT2D eigenvalue weighted by molar-refractivity contribution is 5.79. The third-order valence-corrected chi connectivity index (χ3v) is 3.52. The van der Waals surface area contributed by atoms with Crippen molar-refractivity contribution in [3.63, 3.8) is 0 Å². The van der Waals surface area contributed by atoms with E-state index >= 15 is 0 Å². The summed E-state index contributed by atoms with van der Waals surface area (Å²) in [6.45, 7) is 2.58. The third-order valence-electron chi connectivity index (χ3n) is 3.52. The molecule has 0 bridgehead atoms. The van der Waals surface area contributed by atoms with Gasteiger partial charge in [-0.1, -0.05) is 6.42 Å². The van der Waals surface area contributed by atoms with Gasteiger partial charge >= 0.3 is 0 Å². The highest BCUT2D eigenvalue weighted by Gasteiger charge is 2.27. The first-order chi connectivity index (χ1) is 9.11. The molecule has 0 atom stereocenters. The Morgan fingerprint density at radius 2 is 2.32 bits per heavy atom. The van der Waals surface area contributed by atoms with Crippen molar-refractivity contribution in [1.82, 2.24) is 9.64 Å². The number of aliphatic hydroxyl groups is 1. The Kier molecular flexibility index (Phi) is 4.55. The topological polar surface area (TPSA) is 75.7 Å². The first kappa shape index (κ1) is 14.0. The summed E-state index contributed by atoms with van der Waals surface area (Å²) in [7, 11) is 0. The summed E-state index contributed by atoms with van der Waals surface area (Å²) in [4.78, 5) is 25.6. The summed E-state index contributed by atoms with van der Waals surface area (Å²) in [5, 5.41) is 8.90. The number of aryl methyl sites for hydroxylation is 1. The fourth-order valence-electron chi connectivity index (χ4n) is 2.28. The van der Waals surface area contributed by atoms with Gasteiger partial charge in [0.1, 0.15) is 5.76 Å². The molecule has 1 N–H and O–H groups in total. The monoisotopic (exact) mass is 268 g/mol. The molecule has 0 radical (unpaired) electrons. The Morgan fingerprint density at radius 1 is 1.58 bits per heavy atom. The smallest absolute Gasteiger partial charge is 0.290 e. The lowest BCUT2D eigenvalue weighted by atomic mass is 9.91. The molecule has 6 heteroatoms. The summed E-state index contributed by atoms with van der Waals surface area (Å²) >= 11 is 0. The van der Waals surface area contributed by atoms with Crippen molar-refractivity contribution < 1.29 is 14.4 Å². The van der Waals surface area contributed by atoms with E-state index in [9.17, 15) is 9.59 Å². The van der Waals surface area contributed by atoms with E-state index in [2.05, 4.69) is 0 Å². The van der Waals surface area contributed by atoms with E-state index in [0.717, 1.165) is 17.6 Å². The zero-order chi connectivity index (χ0) is 13.8. The van der Waals surface area contributed by atoms with Crippen molar-refractivity contribution in [2.45, 2.75) is 38.6 Å². The molecule has 1 aliphatic rings. The first-order valence-electron chi connectivity index (χ1n) is 6.70. The van der Waals surface area contributed by atoms with Gasteiger partial charge in [-0.2, -0.15) is 0 Å². The second-order valence-corrected chi connectivity index (χ2v) is 5.00. The number of carbonyl (C=O) groups excluding carboxylic acids is 1. The molecule has 1 saturated carbocycles. The van der Waals surface area contributed by atoms with Crippen LogP contribution in [0, 0.1) is 6.92 Å². The number of carbonyl (C=O) groups is 1. The minimum atomic E-state index is -0.418. The van der Waals surface area contributed by atoms with Crippen LogP contribution in [-0.4, -0.2) is 46.4 Å². The highest BCUT2D eigenvalue weighted by atomic mass is 16.5. The predicted molar refractivity (Wildman–Crippen MR) is 69.2 cm³/mol. The molecule has 1 aliphatic carbocycles. The van der Waals surface area contributed by atoms with Gasteiger partial charge in [-0.3, -0.25) is 14.5 Å². The Balaban J connectivity index is 2.01. The van der Waals surface area contributed by atoms with Crippen molar-refractivity contribution in [3.05, 3.63) is 22.2 Å². The van der Waals surface area contributed by atoms with Crippen LogP contribution in [-0.2, 0) is 0 Å². The van der Waals surface area contributed by atoms with Gasteiger partial charge in [0.05, 0.1) is 6.54 Å². The number of hydrogen-bond acceptors (Lipinski definition) is 5. The molecule has 19 heavy (non-hydrogen) atoms. The van der Waals surface area contributed by atoms with E-state index in [1.54, 1.807) is 6.92 Å². The quantitative estimate of drug-likeness (QED) is 0.819. The maximum atomic E-state index is 12.1. The van der Waals surface area contributed by atoms with Crippen LogP contribution in [0.4, 0.5) is 0 Å². The molecule has 0 saturated heterocycles. The SMILES string of the molecule is Cc1cc(=O)n(C(=O)CN(CCCO)C2CCC2)o1. The normalized spacial score (nSPS) is 15.7. The van der Waals surface area contributed by atoms with Crippen molar-refractivity contribution in [1.29, 1.82) is 0 Å². The Morgan fingerprint density at radius 3 is 2.79 bits per heavy atom. The molecule has 0 spiro atoms. The molecule has 0 aromatic carbocycles. The number of aromatic nitrogens is 1. The van der Waals surface area contributed by atoms with Crippen molar-refractivity contribution >= 4 is 5.91 Å². The molecular weight excluding hydrogens is 248 g/mol. The molecule has 1 heterocycles. The zero-order valence-corrected chi connectivity index (χ0v) is 11.2. The minimum Gasteiger partial charge on any atom is -0.396 e. The van der Waals surface area contributed by atoms with E-state index in [1.165, 1.54) is 12.5 Å². The minimum absolute atomic E-state index is 0.108. The molecule has 0 unspecified atom stereocenters. The molecule has 6 nitrogen and oxygen atoms in total. The van der Waals surface area contributed by atoms with Gasteiger partial charge in [0.2, 0.25) is 0 Å². The number of aliphatic hydroxyl groups excluding tert-OH is 1. The van der Waals surface area contributed by atoms with Gasteiger partial charge in [0.25, 0.3) is 11.5 Å². The van der Waals surface area contributed by atoms with Crippen LogP contribution in [0.2, 0.25) is 0 Å². The Bertz CT molecular complexity index is 487. The molecule has 0 aliphatic heterocycles. The Labute approximate surface area is 111 Å². The second kappa shape index (κ2) is 6.16. The number of rotatable bonds is 6. The fourth-order valence-corrected chi connectivity index (χ4v) is 2.28. The van der Waals surface area contributed by atoms with Gasteiger partial charge in [-0.05, 0) is 26.2 Å². The maximum Gasteiger partial charge on any atom is 0.290 e. The predicted octanol–water partition coefficient (Wildman–Crippen LogP) is 0.627. The average molecular weight is 268 g/mol. The van der Waals surface area contributed by atoms with Gasteiger partial charge in [-0.15, -0.1) is 4.74 Å². The molecule has 1 aromatic heterocycles. The summed E-state index contributed by atoms with van der Waals surface area (Å²) in [6, 6.07) is 1.70. The van der Waals surface area contributed by atoms with E-state index in [1.807, 2.05) is 4.90 Å². The van der Waals surface area contributed by atoms with Crippen molar-refractivity contribution in [2.75, 3.05) is 19.7 Å². The summed E-state index contributed by atoms with van der Waals surface area (Å²) in [5.74, 6) is 0.0897. The standard InChI is InChI=1S/C13H20N2O4/c1-10-8-12(17)15(19-10)13(18)9-14(6-3-7-16)11-4-2-5-11/h8,11,16H,2-7,9H2,1H3. The van der Waals surface area contributed by atoms with Crippen LogP contribution in [0.3, 0.4) is 0 Å². The number of nitrogens with zero attached hydrogens (tertiary/aromatic N) is 2. The maximum absolute atomic E-state index is 12.1. The lowest BCUT2D eigenvalue weighted by Crippen LogP contribution is -2.45. The van der Waals surface area contributed by atoms with Gasteiger partial charge in [-0.25, -0.2) is 0 Å². The van der Waals surface area contributed by atoms with Crippen LogP contribution in [0.25, 0.3) is 0 Å². The van der Waals surface area contributed by atoms with E-state index in [-0.39, 0.29) is 19.1 Å². The van der Waals surface area contributed by atoms with Crippen LogP contribution in [0.15, 0.2) is 15.4 Å². The highest BCUT2D eigenvalue weighted by Crippen LogP contribution is 2.24. The van der Waals surface area contributed by atoms with Crippen LogP contribution in [0.1, 0.15) is 36.2 Å². The molecule has 0 amide bonds. The number of hydrogen-bond donors (Lipinski definition) is 1. The summed E-state index contributed by atoms with van der Waals surface area (Å²) in [6.07, 6.45) is 3.96. The molecular formula is C13H20N2O4. The van der Waals surface area contributed by atoms with Crippen LogP contribution >= 0.6 is 0 Å². The van der Waals surface area contributed by atoms with E-state index in [0.29, 0.717) is 24.8 Å². The average Bonchev–Trinajstić information content (AvgIpc) is 2.63. The molecule has 1 aromatic rings. The lowest BCUT2D eigenvalue weighted by molar-refractivity contribution is 0.0596.